The molecule has 20 heavy (non-hydrogen) atoms. The van der Waals surface area contributed by atoms with Gasteiger partial charge in [0.15, 0.2) is 11.5 Å². The molecule has 4 heteroatoms. The topological polar surface area (TPSA) is 30.5 Å². The molecule has 1 aliphatic heterocycles. The summed E-state index contributed by atoms with van der Waals surface area (Å²) >= 11 is 0. The second-order valence-corrected chi connectivity index (χ2v) is 4.72. The Morgan fingerprint density at radius 3 is 2.65 bits per heavy atom. The van der Waals surface area contributed by atoms with Crippen LogP contribution in [0.15, 0.2) is 42.5 Å². The number of benzene rings is 2. The molecule has 106 valence electrons. The lowest BCUT2D eigenvalue weighted by Gasteiger charge is -2.08. The highest BCUT2D eigenvalue weighted by Crippen LogP contribution is 2.32. The van der Waals surface area contributed by atoms with Crippen molar-refractivity contribution in [3.05, 3.63) is 59.2 Å². The third kappa shape index (κ3) is 3.32. The fourth-order valence-electron chi connectivity index (χ4n) is 2.20. The van der Waals surface area contributed by atoms with E-state index in [0.717, 1.165) is 24.6 Å². The van der Waals surface area contributed by atoms with Gasteiger partial charge < -0.3 is 14.8 Å². The van der Waals surface area contributed by atoms with Gasteiger partial charge in [-0.25, -0.2) is 0 Å². The van der Waals surface area contributed by atoms with Gasteiger partial charge in [0, 0.05) is 13.1 Å². The van der Waals surface area contributed by atoms with Gasteiger partial charge >= 0.3 is 0 Å². The van der Waals surface area contributed by atoms with Crippen molar-refractivity contribution in [2.75, 3.05) is 6.79 Å². The van der Waals surface area contributed by atoms with Crippen LogP contribution in [0.4, 0.5) is 0 Å². The van der Waals surface area contributed by atoms with Crippen LogP contribution in [0.25, 0.3) is 0 Å². The van der Waals surface area contributed by atoms with Crippen LogP contribution in [-0.4, -0.2) is 6.79 Å². The summed E-state index contributed by atoms with van der Waals surface area (Å²) < 4.78 is 10.7. The maximum absolute atomic E-state index is 5.37. The molecule has 3 nitrogen and oxygen atoms in total. The predicted octanol–water partition coefficient (Wildman–Crippen LogP) is 3.59. The first-order valence-electron chi connectivity index (χ1n) is 6.47. The normalized spacial score (nSPS) is 12.1. The minimum Gasteiger partial charge on any atom is -0.454 e. The first kappa shape index (κ1) is 14.9. The summed E-state index contributed by atoms with van der Waals surface area (Å²) in [7, 11) is 0. The van der Waals surface area contributed by atoms with Gasteiger partial charge in [-0.3, -0.25) is 0 Å². The van der Waals surface area contributed by atoms with E-state index in [4.69, 9.17) is 9.47 Å². The van der Waals surface area contributed by atoms with Crippen LogP contribution in [0.3, 0.4) is 0 Å². The lowest BCUT2D eigenvalue weighted by molar-refractivity contribution is 0.174. The van der Waals surface area contributed by atoms with Gasteiger partial charge in [-0.1, -0.05) is 30.3 Å². The fourth-order valence-corrected chi connectivity index (χ4v) is 2.20. The van der Waals surface area contributed by atoms with E-state index >= 15 is 0 Å². The molecule has 0 saturated carbocycles. The van der Waals surface area contributed by atoms with Crippen molar-refractivity contribution in [3.63, 3.8) is 0 Å². The second kappa shape index (κ2) is 6.77. The molecule has 0 aliphatic carbocycles. The van der Waals surface area contributed by atoms with Crippen LogP contribution in [-0.2, 0) is 13.1 Å². The van der Waals surface area contributed by atoms with Gasteiger partial charge in [-0.15, -0.1) is 17.0 Å². The number of halogens is 1. The van der Waals surface area contributed by atoms with Crippen LogP contribution in [0, 0.1) is 6.92 Å². The highest BCUT2D eigenvalue weighted by Gasteiger charge is 2.12. The van der Waals surface area contributed by atoms with Crippen LogP contribution in [0.2, 0.25) is 0 Å². The van der Waals surface area contributed by atoms with Crippen LogP contribution in [0.5, 0.6) is 11.5 Å². The summed E-state index contributed by atoms with van der Waals surface area (Å²) in [6.07, 6.45) is 0. The SMILES string of the molecule is Br.Cc1ccccc1CNCc1ccc2c(c1)OCO2. The zero-order valence-corrected chi connectivity index (χ0v) is 13.1. The number of rotatable bonds is 4. The van der Waals surface area contributed by atoms with Gasteiger partial charge in [0.2, 0.25) is 6.79 Å². The van der Waals surface area contributed by atoms with E-state index in [0.29, 0.717) is 6.79 Å². The standard InChI is InChI=1S/C16H17NO2.BrH/c1-12-4-2-3-5-14(12)10-17-9-13-6-7-15-16(8-13)19-11-18-15;/h2-8,17H,9-11H2,1H3;1H. The summed E-state index contributed by atoms with van der Waals surface area (Å²) in [6, 6.07) is 14.5. The number of fused-ring (bicyclic) bond motifs is 1. The summed E-state index contributed by atoms with van der Waals surface area (Å²) in [5, 5.41) is 3.45. The Balaban J connectivity index is 0.00000147. The van der Waals surface area contributed by atoms with Crippen LogP contribution >= 0.6 is 17.0 Å². The van der Waals surface area contributed by atoms with Gasteiger partial charge in [-0.05, 0) is 35.7 Å². The molecule has 0 amide bonds. The first-order valence-corrected chi connectivity index (χ1v) is 6.47. The quantitative estimate of drug-likeness (QED) is 0.926. The second-order valence-electron chi connectivity index (χ2n) is 4.72. The van der Waals surface area contributed by atoms with Crippen molar-refractivity contribution < 1.29 is 9.47 Å². The number of ether oxygens (including phenoxy) is 2. The summed E-state index contributed by atoms with van der Waals surface area (Å²) in [5.74, 6) is 1.68. The number of hydrogen-bond donors (Lipinski definition) is 1. The maximum atomic E-state index is 5.37. The molecule has 1 aliphatic rings. The molecule has 1 N–H and O–H groups in total. The van der Waals surface area contributed by atoms with E-state index in [9.17, 15) is 0 Å². The largest absolute Gasteiger partial charge is 0.454 e. The van der Waals surface area contributed by atoms with E-state index < -0.39 is 0 Å². The molecule has 0 spiro atoms. The zero-order chi connectivity index (χ0) is 13.1. The van der Waals surface area contributed by atoms with E-state index in [1.807, 2.05) is 12.1 Å². The van der Waals surface area contributed by atoms with E-state index in [1.54, 1.807) is 0 Å². The average Bonchev–Trinajstić information content (AvgIpc) is 2.88. The number of hydrogen-bond acceptors (Lipinski definition) is 3. The molecule has 0 atom stereocenters. The van der Waals surface area contributed by atoms with Crippen molar-refractivity contribution >= 4 is 17.0 Å². The third-order valence-corrected chi connectivity index (χ3v) is 3.34. The Hall–Kier alpha value is -1.52. The van der Waals surface area contributed by atoms with Crippen LogP contribution in [0.1, 0.15) is 16.7 Å². The minimum atomic E-state index is 0. The maximum Gasteiger partial charge on any atom is 0.231 e. The molecule has 2 aromatic carbocycles. The van der Waals surface area contributed by atoms with Crippen molar-refractivity contribution in [2.24, 2.45) is 0 Å². The van der Waals surface area contributed by atoms with Gasteiger partial charge in [-0.2, -0.15) is 0 Å². The molecule has 0 aromatic heterocycles. The molecule has 0 bridgehead atoms. The van der Waals surface area contributed by atoms with Crippen molar-refractivity contribution in [1.82, 2.24) is 5.32 Å². The Labute approximate surface area is 129 Å². The Morgan fingerprint density at radius 2 is 1.80 bits per heavy atom. The minimum absolute atomic E-state index is 0. The molecule has 1 heterocycles. The number of aryl methyl sites for hydroxylation is 1. The lowest BCUT2D eigenvalue weighted by atomic mass is 10.1. The average molecular weight is 336 g/mol. The fraction of sp³-hybridized carbons (Fsp3) is 0.250. The van der Waals surface area contributed by atoms with Gasteiger partial charge in [0.05, 0.1) is 0 Å². The van der Waals surface area contributed by atoms with Gasteiger partial charge in [0.25, 0.3) is 0 Å². The monoisotopic (exact) mass is 335 g/mol. The molecule has 0 radical (unpaired) electrons. The van der Waals surface area contributed by atoms with Crippen molar-refractivity contribution in [1.29, 1.82) is 0 Å². The van der Waals surface area contributed by atoms with Crippen LogP contribution < -0.4 is 14.8 Å². The van der Waals surface area contributed by atoms with E-state index in [1.165, 1.54) is 16.7 Å². The molecular formula is C16H18BrNO2. The molecule has 2 aromatic rings. The Bertz CT molecular complexity index is 586. The molecular weight excluding hydrogens is 318 g/mol. The Kier molecular flexibility index (Phi) is 5.04. The zero-order valence-electron chi connectivity index (χ0n) is 11.4. The summed E-state index contributed by atoms with van der Waals surface area (Å²) in [4.78, 5) is 0. The van der Waals surface area contributed by atoms with Crippen molar-refractivity contribution in [2.45, 2.75) is 20.0 Å². The van der Waals surface area contributed by atoms with E-state index in [2.05, 4.69) is 42.6 Å². The highest BCUT2D eigenvalue weighted by atomic mass is 79.9. The number of nitrogens with one attached hydrogen (secondary N) is 1. The molecule has 3 rings (SSSR count). The lowest BCUT2D eigenvalue weighted by Crippen LogP contribution is -2.13. The predicted molar refractivity (Wildman–Crippen MR) is 84.6 cm³/mol. The molecule has 0 fully saturated rings. The third-order valence-electron chi connectivity index (χ3n) is 3.34. The molecule has 0 unspecified atom stereocenters. The van der Waals surface area contributed by atoms with E-state index in [-0.39, 0.29) is 17.0 Å². The smallest absolute Gasteiger partial charge is 0.231 e. The molecule has 0 saturated heterocycles. The summed E-state index contributed by atoms with van der Waals surface area (Å²) in [6.45, 7) is 4.17. The van der Waals surface area contributed by atoms with Crippen molar-refractivity contribution in [3.8, 4) is 11.5 Å². The first-order chi connectivity index (χ1) is 9.33. The summed E-state index contributed by atoms with van der Waals surface area (Å²) in [5.41, 5.74) is 3.86. The highest BCUT2D eigenvalue weighted by molar-refractivity contribution is 8.93. The Morgan fingerprint density at radius 1 is 1.00 bits per heavy atom. The van der Waals surface area contributed by atoms with Gasteiger partial charge in [0.1, 0.15) is 0 Å².